The molecule has 0 fully saturated rings. The Balaban J connectivity index is 1.09. The summed E-state index contributed by atoms with van der Waals surface area (Å²) in [6.07, 6.45) is 0.944. The quantitative estimate of drug-likeness (QED) is 0.175. The minimum absolute atomic E-state index is 0.717. The molecule has 0 radical (unpaired) electrons. The van der Waals surface area contributed by atoms with Crippen molar-refractivity contribution in [2.75, 3.05) is 0 Å². The van der Waals surface area contributed by atoms with E-state index in [9.17, 15) is 0 Å². The number of aromatic nitrogens is 2. The summed E-state index contributed by atoms with van der Waals surface area (Å²) in [6.45, 7) is 0. The van der Waals surface area contributed by atoms with Gasteiger partial charge in [-0.25, -0.2) is 9.97 Å². The van der Waals surface area contributed by atoms with E-state index in [1.807, 2.05) is 24.3 Å². The van der Waals surface area contributed by atoms with Gasteiger partial charge < -0.3 is 0 Å². The second kappa shape index (κ2) is 13.0. The van der Waals surface area contributed by atoms with E-state index in [0.29, 0.717) is 0 Å². The predicted octanol–water partition coefficient (Wildman–Crippen LogP) is 13.2. The van der Waals surface area contributed by atoms with Crippen molar-refractivity contribution >= 4 is 10.8 Å². The number of fused-ring (bicyclic) bond motifs is 5. The first-order valence-electron chi connectivity index (χ1n) is 18.2. The molecule has 0 saturated heterocycles. The van der Waals surface area contributed by atoms with Gasteiger partial charge >= 0.3 is 0 Å². The van der Waals surface area contributed by atoms with Crippen LogP contribution in [0.15, 0.2) is 194 Å². The van der Waals surface area contributed by atoms with Crippen LogP contribution in [0.4, 0.5) is 0 Å². The first kappa shape index (κ1) is 30.9. The van der Waals surface area contributed by atoms with Crippen LogP contribution in [-0.4, -0.2) is 9.97 Å². The second-order valence-corrected chi connectivity index (χ2v) is 13.7. The van der Waals surface area contributed by atoms with E-state index in [2.05, 4.69) is 170 Å². The number of hydrogen-bond donors (Lipinski definition) is 0. The second-order valence-electron chi connectivity index (χ2n) is 13.7. The van der Waals surface area contributed by atoms with E-state index in [1.165, 1.54) is 60.8 Å². The summed E-state index contributed by atoms with van der Waals surface area (Å²) in [5, 5.41) is 2.61. The molecule has 0 amide bonds. The lowest BCUT2D eigenvalue weighted by Crippen LogP contribution is -1.96. The summed E-state index contributed by atoms with van der Waals surface area (Å²) in [4.78, 5) is 10.1. The Morgan fingerprint density at radius 3 is 1.57 bits per heavy atom. The molecule has 9 aromatic rings. The van der Waals surface area contributed by atoms with Gasteiger partial charge in [-0.2, -0.15) is 0 Å². The Morgan fingerprint density at radius 1 is 0.321 bits per heavy atom. The van der Waals surface area contributed by atoms with Crippen molar-refractivity contribution in [2.45, 2.75) is 6.42 Å². The molecule has 1 aliphatic rings. The van der Waals surface area contributed by atoms with Crippen LogP contribution < -0.4 is 0 Å². The molecule has 2 nitrogen and oxygen atoms in total. The summed E-state index contributed by atoms with van der Waals surface area (Å²) in [6, 6.07) is 69.4. The summed E-state index contributed by atoms with van der Waals surface area (Å²) in [5.41, 5.74) is 17.8. The van der Waals surface area contributed by atoms with Gasteiger partial charge in [-0.05, 0) is 97.1 Å². The molecule has 0 N–H and O–H groups in total. The van der Waals surface area contributed by atoms with E-state index in [-0.39, 0.29) is 0 Å². The molecule has 1 aliphatic carbocycles. The molecule has 0 atom stereocenters. The fourth-order valence-corrected chi connectivity index (χ4v) is 7.99. The van der Waals surface area contributed by atoms with Gasteiger partial charge in [0.1, 0.15) is 0 Å². The van der Waals surface area contributed by atoms with Crippen LogP contribution >= 0.6 is 0 Å². The summed E-state index contributed by atoms with van der Waals surface area (Å²) in [7, 11) is 0. The number of rotatable bonds is 6. The first-order valence-corrected chi connectivity index (χ1v) is 18.2. The van der Waals surface area contributed by atoms with Crippen molar-refractivity contribution < 1.29 is 0 Å². The van der Waals surface area contributed by atoms with Gasteiger partial charge in [0.15, 0.2) is 5.82 Å². The van der Waals surface area contributed by atoms with E-state index in [0.717, 1.165) is 45.9 Å². The molecule has 0 saturated carbocycles. The number of hydrogen-bond acceptors (Lipinski definition) is 2. The normalized spacial score (nSPS) is 11.7. The number of nitrogens with zero attached hydrogens (tertiary/aromatic N) is 2. The Kier molecular flexibility index (Phi) is 7.58. The highest BCUT2D eigenvalue weighted by Gasteiger charge is 2.25. The Hall–Kier alpha value is -6.90. The van der Waals surface area contributed by atoms with E-state index >= 15 is 0 Å². The average molecular weight is 675 g/mol. The standard InChI is InChI=1S/C51H34N2/c1-4-15-34(16-5-1)42-28-14-25-41-31-46-44-27-11-10-26-43(44)45(32-47(46)50(41)42)39-23-12-21-37(29-39)38-22-13-24-40(30-38)49-33-48(35-17-6-2-7-18-35)52-51(53-49)36-19-8-3-9-20-36/h1-30,32-33H,31H2. The zero-order valence-electron chi connectivity index (χ0n) is 29.1. The molecular formula is C51H34N2. The van der Waals surface area contributed by atoms with Gasteiger partial charge in [-0.1, -0.05) is 170 Å². The summed E-state index contributed by atoms with van der Waals surface area (Å²) in [5.74, 6) is 0.717. The minimum Gasteiger partial charge on any atom is -0.228 e. The minimum atomic E-state index is 0.717. The molecule has 0 aliphatic heterocycles. The molecule has 53 heavy (non-hydrogen) atoms. The zero-order chi connectivity index (χ0) is 35.1. The van der Waals surface area contributed by atoms with Crippen LogP contribution in [0.3, 0.4) is 0 Å². The van der Waals surface area contributed by atoms with Crippen molar-refractivity contribution in [2.24, 2.45) is 0 Å². The highest BCUT2D eigenvalue weighted by Crippen LogP contribution is 2.48. The zero-order valence-corrected chi connectivity index (χ0v) is 29.1. The lowest BCUT2D eigenvalue weighted by atomic mass is 9.88. The van der Waals surface area contributed by atoms with Gasteiger partial charge in [-0.15, -0.1) is 0 Å². The van der Waals surface area contributed by atoms with E-state index in [4.69, 9.17) is 9.97 Å². The molecule has 0 unspecified atom stereocenters. The lowest BCUT2D eigenvalue weighted by molar-refractivity contribution is 1.18. The monoisotopic (exact) mass is 674 g/mol. The van der Waals surface area contributed by atoms with Gasteiger partial charge in [0.05, 0.1) is 11.4 Å². The molecule has 2 heteroatoms. The molecule has 8 aromatic carbocycles. The highest BCUT2D eigenvalue weighted by molar-refractivity contribution is 6.06. The van der Waals surface area contributed by atoms with Crippen molar-refractivity contribution in [3.63, 3.8) is 0 Å². The molecule has 1 aromatic heterocycles. The Labute approximate surface area is 309 Å². The van der Waals surface area contributed by atoms with E-state index < -0.39 is 0 Å². The summed E-state index contributed by atoms with van der Waals surface area (Å²) < 4.78 is 0. The SMILES string of the molecule is c1ccc(-c2cc(-c3cccc(-c4cccc(-c5cc6c(c7ccccc57)Cc5cccc(-c7ccccc7)c5-6)c4)c3)nc(-c3ccccc3)n2)cc1. The van der Waals surface area contributed by atoms with Crippen molar-refractivity contribution in [1.29, 1.82) is 0 Å². The maximum absolute atomic E-state index is 5.10. The van der Waals surface area contributed by atoms with Crippen molar-refractivity contribution in [1.82, 2.24) is 9.97 Å². The van der Waals surface area contributed by atoms with Crippen LogP contribution in [0.2, 0.25) is 0 Å². The number of benzene rings is 8. The smallest absolute Gasteiger partial charge is 0.160 e. The largest absolute Gasteiger partial charge is 0.228 e. The molecule has 0 bridgehead atoms. The van der Waals surface area contributed by atoms with Gasteiger partial charge in [0, 0.05) is 16.7 Å². The van der Waals surface area contributed by atoms with Crippen LogP contribution in [0.25, 0.3) is 89.2 Å². The molecule has 248 valence electrons. The highest BCUT2D eigenvalue weighted by atomic mass is 14.9. The summed E-state index contributed by atoms with van der Waals surface area (Å²) >= 11 is 0. The van der Waals surface area contributed by atoms with E-state index in [1.54, 1.807) is 0 Å². The van der Waals surface area contributed by atoms with Gasteiger partial charge in [0.25, 0.3) is 0 Å². The maximum Gasteiger partial charge on any atom is 0.160 e. The van der Waals surface area contributed by atoms with Crippen LogP contribution in [0, 0.1) is 0 Å². The molecule has 10 rings (SSSR count). The predicted molar refractivity (Wildman–Crippen MR) is 220 cm³/mol. The van der Waals surface area contributed by atoms with Crippen molar-refractivity contribution in [3.8, 4) is 78.4 Å². The maximum atomic E-state index is 5.10. The van der Waals surface area contributed by atoms with Gasteiger partial charge in [-0.3, -0.25) is 0 Å². The van der Waals surface area contributed by atoms with Crippen LogP contribution in [-0.2, 0) is 6.42 Å². The van der Waals surface area contributed by atoms with Crippen LogP contribution in [0.1, 0.15) is 11.1 Å². The lowest BCUT2D eigenvalue weighted by Gasteiger charge is -2.15. The molecular weight excluding hydrogens is 641 g/mol. The third-order valence-corrected chi connectivity index (χ3v) is 10.5. The Bertz CT molecular complexity index is 2730. The average Bonchev–Trinajstić information content (AvgIpc) is 3.63. The van der Waals surface area contributed by atoms with Crippen LogP contribution in [0.5, 0.6) is 0 Å². The third-order valence-electron chi connectivity index (χ3n) is 10.5. The fourth-order valence-electron chi connectivity index (χ4n) is 7.99. The third kappa shape index (κ3) is 5.62. The first-order chi connectivity index (χ1) is 26.3. The molecule has 1 heterocycles. The molecule has 0 spiro atoms. The Morgan fingerprint density at radius 2 is 0.849 bits per heavy atom. The fraction of sp³-hybridized carbons (Fsp3) is 0.0196. The van der Waals surface area contributed by atoms with Crippen molar-refractivity contribution in [3.05, 3.63) is 205 Å². The topological polar surface area (TPSA) is 25.8 Å². The van der Waals surface area contributed by atoms with Gasteiger partial charge in [0.2, 0.25) is 0 Å².